The first-order valence-electron chi connectivity index (χ1n) is 6.66. The molecule has 1 aromatic carbocycles. The minimum atomic E-state index is -0.572. The molecule has 1 amide bonds. The number of carbonyl (C=O) groups is 1. The number of nitrogens with zero attached hydrogens (tertiary/aromatic N) is 1. The van der Waals surface area contributed by atoms with Gasteiger partial charge in [0.2, 0.25) is 0 Å². The number of hydrogen-bond donors (Lipinski definition) is 1. The average Bonchev–Trinajstić information content (AvgIpc) is 2.48. The second kappa shape index (κ2) is 7.48. The average molecular weight is 327 g/mol. The van der Waals surface area contributed by atoms with Crippen LogP contribution in [0.15, 0.2) is 28.9 Å². The Morgan fingerprint density at radius 3 is 2.81 bits per heavy atom. The van der Waals surface area contributed by atoms with Crippen molar-refractivity contribution in [3.63, 3.8) is 0 Å². The molecule has 1 aromatic rings. The SMILES string of the molecule is COC(=O)N/N=C1\CCCC\C1=C/c1ccc(Cl)cc1Cl. The van der Waals surface area contributed by atoms with E-state index >= 15 is 0 Å². The van der Waals surface area contributed by atoms with Crippen molar-refractivity contribution < 1.29 is 9.53 Å². The van der Waals surface area contributed by atoms with Gasteiger partial charge in [-0.3, -0.25) is 0 Å². The normalized spacial score (nSPS) is 18.8. The molecule has 1 aliphatic carbocycles. The van der Waals surface area contributed by atoms with E-state index in [9.17, 15) is 4.79 Å². The fourth-order valence-electron chi connectivity index (χ4n) is 2.16. The molecule has 0 aromatic heterocycles. The number of allylic oxidation sites excluding steroid dienone is 1. The maximum atomic E-state index is 11.1. The molecule has 0 atom stereocenters. The van der Waals surface area contributed by atoms with E-state index < -0.39 is 6.09 Å². The van der Waals surface area contributed by atoms with Gasteiger partial charge in [0.05, 0.1) is 12.8 Å². The van der Waals surface area contributed by atoms with Crippen molar-refractivity contribution in [1.29, 1.82) is 0 Å². The molecule has 1 saturated carbocycles. The number of hydrogen-bond acceptors (Lipinski definition) is 3. The molecule has 0 saturated heterocycles. The molecule has 6 heteroatoms. The Bertz CT molecular complexity index is 597. The number of methoxy groups -OCH3 is 1. The largest absolute Gasteiger partial charge is 0.452 e. The summed E-state index contributed by atoms with van der Waals surface area (Å²) in [6.45, 7) is 0. The summed E-state index contributed by atoms with van der Waals surface area (Å²) in [6, 6.07) is 5.38. The van der Waals surface area contributed by atoms with Crippen LogP contribution in [-0.4, -0.2) is 18.9 Å². The first kappa shape index (κ1) is 15.9. The lowest BCUT2D eigenvalue weighted by molar-refractivity contribution is 0.171. The molecule has 0 heterocycles. The summed E-state index contributed by atoms with van der Waals surface area (Å²) in [4.78, 5) is 11.1. The van der Waals surface area contributed by atoms with E-state index in [1.54, 1.807) is 12.1 Å². The molecular weight excluding hydrogens is 311 g/mol. The molecule has 112 valence electrons. The van der Waals surface area contributed by atoms with E-state index in [0.29, 0.717) is 10.0 Å². The highest BCUT2D eigenvalue weighted by molar-refractivity contribution is 6.35. The molecule has 0 spiro atoms. The molecule has 0 bridgehead atoms. The first-order chi connectivity index (χ1) is 10.1. The maximum absolute atomic E-state index is 11.1. The lowest BCUT2D eigenvalue weighted by Gasteiger charge is -2.17. The summed E-state index contributed by atoms with van der Waals surface area (Å²) >= 11 is 12.1. The van der Waals surface area contributed by atoms with Gasteiger partial charge in [0, 0.05) is 10.0 Å². The van der Waals surface area contributed by atoms with Gasteiger partial charge in [0.1, 0.15) is 0 Å². The topological polar surface area (TPSA) is 50.7 Å². The molecule has 1 fully saturated rings. The van der Waals surface area contributed by atoms with Crippen molar-refractivity contribution in [1.82, 2.24) is 5.43 Å². The van der Waals surface area contributed by atoms with Crippen molar-refractivity contribution in [3.8, 4) is 0 Å². The number of hydrazone groups is 1. The van der Waals surface area contributed by atoms with Gasteiger partial charge in [-0.25, -0.2) is 10.2 Å². The van der Waals surface area contributed by atoms with Crippen molar-refractivity contribution in [3.05, 3.63) is 39.4 Å². The number of amides is 1. The van der Waals surface area contributed by atoms with E-state index in [0.717, 1.165) is 42.5 Å². The summed E-state index contributed by atoms with van der Waals surface area (Å²) in [6.07, 6.45) is 5.29. The molecule has 0 radical (unpaired) electrons. The van der Waals surface area contributed by atoms with Crippen LogP contribution in [0, 0.1) is 0 Å². The number of rotatable bonds is 2. The van der Waals surface area contributed by atoms with Crippen LogP contribution in [0.1, 0.15) is 31.2 Å². The van der Waals surface area contributed by atoms with E-state index in [2.05, 4.69) is 15.3 Å². The molecule has 21 heavy (non-hydrogen) atoms. The number of nitrogens with one attached hydrogen (secondary N) is 1. The number of benzene rings is 1. The van der Waals surface area contributed by atoms with Gasteiger partial charge in [0.25, 0.3) is 0 Å². The molecular formula is C15H16Cl2N2O2. The van der Waals surface area contributed by atoms with Crippen LogP contribution in [0.5, 0.6) is 0 Å². The third-order valence-corrected chi connectivity index (χ3v) is 3.80. The lowest BCUT2D eigenvalue weighted by atomic mass is 9.91. The minimum absolute atomic E-state index is 0.572. The standard InChI is InChI=1S/C15H16Cl2N2O2/c1-21-15(20)19-18-14-5-3-2-4-11(14)8-10-6-7-12(16)9-13(10)17/h6-9H,2-5H2,1H3,(H,19,20)/b11-8+,18-14+. The second-order valence-electron chi connectivity index (χ2n) is 4.70. The fraction of sp³-hybridized carbons (Fsp3) is 0.333. The predicted molar refractivity (Wildman–Crippen MR) is 85.9 cm³/mol. The number of halogens is 2. The molecule has 1 aliphatic rings. The van der Waals surface area contributed by atoms with E-state index in [1.165, 1.54) is 7.11 Å². The van der Waals surface area contributed by atoms with Gasteiger partial charge >= 0.3 is 6.09 Å². The highest BCUT2D eigenvalue weighted by Gasteiger charge is 2.14. The van der Waals surface area contributed by atoms with Gasteiger partial charge in [-0.2, -0.15) is 5.10 Å². The van der Waals surface area contributed by atoms with E-state index in [1.807, 2.05) is 12.1 Å². The van der Waals surface area contributed by atoms with Gasteiger partial charge in [-0.1, -0.05) is 29.3 Å². The number of ether oxygens (including phenoxy) is 1. The van der Waals surface area contributed by atoms with Crippen molar-refractivity contribution in [2.45, 2.75) is 25.7 Å². The zero-order chi connectivity index (χ0) is 15.2. The van der Waals surface area contributed by atoms with Crippen LogP contribution in [0.25, 0.3) is 6.08 Å². The van der Waals surface area contributed by atoms with Crippen LogP contribution in [0.3, 0.4) is 0 Å². The van der Waals surface area contributed by atoms with Gasteiger partial charge in [-0.15, -0.1) is 0 Å². The van der Waals surface area contributed by atoms with E-state index in [-0.39, 0.29) is 0 Å². The minimum Gasteiger partial charge on any atom is -0.452 e. The van der Waals surface area contributed by atoms with Crippen LogP contribution in [-0.2, 0) is 4.74 Å². The summed E-state index contributed by atoms with van der Waals surface area (Å²) in [5, 5.41) is 5.34. The Hall–Kier alpha value is -1.52. The van der Waals surface area contributed by atoms with Crippen molar-refractivity contribution >= 4 is 41.1 Å². The molecule has 4 nitrogen and oxygen atoms in total. The molecule has 1 N–H and O–H groups in total. The van der Waals surface area contributed by atoms with E-state index in [4.69, 9.17) is 23.2 Å². The van der Waals surface area contributed by atoms with Crippen molar-refractivity contribution in [2.24, 2.45) is 5.10 Å². The molecule has 0 unspecified atom stereocenters. The summed E-state index contributed by atoms with van der Waals surface area (Å²) in [5.41, 5.74) is 5.20. The monoisotopic (exact) mass is 326 g/mol. The summed E-state index contributed by atoms with van der Waals surface area (Å²) < 4.78 is 4.51. The third kappa shape index (κ3) is 4.48. The predicted octanol–water partition coefficient (Wildman–Crippen LogP) is 4.66. The zero-order valence-corrected chi connectivity index (χ0v) is 13.2. The van der Waals surface area contributed by atoms with Gasteiger partial charge in [0.15, 0.2) is 0 Å². The van der Waals surface area contributed by atoms with Crippen LogP contribution in [0.4, 0.5) is 4.79 Å². The Kier molecular flexibility index (Phi) is 5.65. The summed E-state index contributed by atoms with van der Waals surface area (Å²) in [5.74, 6) is 0. The maximum Gasteiger partial charge on any atom is 0.427 e. The quantitative estimate of drug-likeness (QED) is 0.803. The van der Waals surface area contributed by atoms with Crippen LogP contribution >= 0.6 is 23.2 Å². The Labute approximate surface area is 133 Å². The fourth-order valence-corrected chi connectivity index (χ4v) is 2.62. The van der Waals surface area contributed by atoms with Gasteiger partial charge < -0.3 is 4.74 Å². The molecule has 0 aliphatic heterocycles. The number of carbonyl (C=O) groups excluding carboxylic acids is 1. The summed E-state index contributed by atoms with van der Waals surface area (Å²) in [7, 11) is 1.31. The highest BCUT2D eigenvalue weighted by Crippen LogP contribution is 2.27. The van der Waals surface area contributed by atoms with Crippen LogP contribution in [0.2, 0.25) is 10.0 Å². The Balaban J connectivity index is 2.25. The van der Waals surface area contributed by atoms with Gasteiger partial charge in [-0.05, 0) is 55.0 Å². The highest BCUT2D eigenvalue weighted by atomic mass is 35.5. The smallest absolute Gasteiger partial charge is 0.427 e. The van der Waals surface area contributed by atoms with Crippen molar-refractivity contribution in [2.75, 3.05) is 7.11 Å². The Morgan fingerprint density at radius 1 is 1.33 bits per heavy atom. The Morgan fingerprint density at radius 2 is 2.10 bits per heavy atom. The third-order valence-electron chi connectivity index (χ3n) is 3.24. The molecule has 2 rings (SSSR count). The van der Waals surface area contributed by atoms with Crippen LogP contribution < -0.4 is 5.43 Å². The lowest BCUT2D eigenvalue weighted by Crippen LogP contribution is -2.21. The second-order valence-corrected chi connectivity index (χ2v) is 5.55. The first-order valence-corrected chi connectivity index (χ1v) is 7.42. The zero-order valence-electron chi connectivity index (χ0n) is 11.7.